The summed E-state index contributed by atoms with van der Waals surface area (Å²) in [5, 5.41) is 0. The van der Waals surface area contributed by atoms with E-state index in [4.69, 9.17) is 14.2 Å². The van der Waals surface area contributed by atoms with Gasteiger partial charge in [-0.15, -0.1) is 0 Å². The molecule has 1 aliphatic rings. The predicted molar refractivity (Wildman–Crippen MR) is 72.5 cm³/mol. The molecule has 0 radical (unpaired) electrons. The van der Waals surface area contributed by atoms with Crippen LogP contribution in [0.15, 0.2) is 18.2 Å². The van der Waals surface area contributed by atoms with E-state index in [1.165, 1.54) is 0 Å². The van der Waals surface area contributed by atoms with Crippen molar-refractivity contribution in [2.45, 2.75) is 32.8 Å². The van der Waals surface area contributed by atoms with Crippen LogP contribution >= 0.6 is 0 Å². The Hall–Kier alpha value is -1.64. The minimum atomic E-state index is -0.316. The van der Waals surface area contributed by atoms with Crippen LogP contribution in [0.5, 0.6) is 17.2 Å². The first-order valence-corrected chi connectivity index (χ1v) is 6.29. The second kappa shape index (κ2) is 4.92. The Morgan fingerprint density at radius 1 is 1.28 bits per heavy atom. The number of methoxy groups -OCH3 is 1. The zero-order valence-electron chi connectivity index (χ0n) is 11.4. The van der Waals surface area contributed by atoms with Gasteiger partial charge in [0, 0.05) is 5.56 Å². The Labute approximate surface area is 108 Å². The number of hydrogen-bond donors (Lipinski definition) is 0. The van der Waals surface area contributed by atoms with Crippen molar-refractivity contribution in [1.29, 1.82) is 0 Å². The van der Waals surface area contributed by atoms with Crippen molar-refractivity contribution in [3.63, 3.8) is 0 Å². The second-order valence-corrected chi connectivity index (χ2v) is 4.90. The molecule has 0 atom stereocenters. The van der Waals surface area contributed by atoms with E-state index in [2.05, 4.69) is 13.0 Å². The Balaban J connectivity index is 2.41. The number of rotatable bonds is 4. The third kappa shape index (κ3) is 2.45. The van der Waals surface area contributed by atoms with Crippen molar-refractivity contribution in [3.05, 3.63) is 23.8 Å². The topological polar surface area (TPSA) is 27.7 Å². The normalized spacial score (nSPS) is 15.8. The third-order valence-corrected chi connectivity index (χ3v) is 2.80. The van der Waals surface area contributed by atoms with Crippen molar-refractivity contribution in [3.8, 4) is 17.2 Å². The van der Waals surface area contributed by atoms with Crippen molar-refractivity contribution in [2.75, 3.05) is 13.7 Å². The summed E-state index contributed by atoms with van der Waals surface area (Å²) in [5.41, 5.74) is 0.707. The van der Waals surface area contributed by atoms with Gasteiger partial charge in [-0.05, 0) is 38.5 Å². The molecule has 98 valence electrons. The number of fused-ring (bicyclic) bond motifs is 1. The predicted octanol–water partition coefficient (Wildman–Crippen LogP) is 3.67. The molecule has 0 fully saturated rings. The van der Waals surface area contributed by atoms with Gasteiger partial charge in [-0.2, -0.15) is 0 Å². The SMILES string of the molecule is CCCOc1ccc2c(c1OC)OC(C)(C)C=C2. The maximum atomic E-state index is 5.97. The van der Waals surface area contributed by atoms with Crippen molar-refractivity contribution in [1.82, 2.24) is 0 Å². The highest BCUT2D eigenvalue weighted by Gasteiger charge is 2.26. The molecule has 0 spiro atoms. The van der Waals surface area contributed by atoms with Crippen LogP contribution in [0.25, 0.3) is 6.08 Å². The fourth-order valence-corrected chi connectivity index (χ4v) is 1.90. The van der Waals surface area contributed by atoms with Crippen molar-refractivity contribution >= 4 is 6.08 Å². The van der Waals surface area contributed by atoms with Gasteiger partial charge in [0.05, 0.1) is 13.7 Å². The largest absolute Gasteiger partial charge is 0.490 e. The van der Waals surface area contributed by atoms with Crippen LogP contribution in [0.4, 0.5) is 0 Å². The van der Waals surface area contributed by atoms with Gasteiger partial charge in [0.25, 0.3) is 0 Å². The molecule has 18 heavy (non-hydrogen) atoms. The summed E-state index contributed by atoms with van der Waals surface area (Å²) < 4.78 is 17.1. The van der Waals surface area contributed by atoms with E-state index in [0.717, 1.165) is 23.5 Å². The van der Waals surface area contributed by atoms with E-state index in [1.807, 2.05) is 32.1 Å². The molecule has 1 aromatic rings. The maximum absolute atomic E-state index is 5.97. The monoisotopic (exact) mass is 248 g/mol. The molecule has 1 heterocycles. The summed E-state index contributed by atoms with van der Waals surface area (Å²) in [6.07, 6.45) is 5.07. The van der Waals surface area contributed by atoms with Crippen LogP contribution in [0.2, 0.25) is 0 Å². The Morgan fingerprint density at radius 2 is 2.06 bits per heavy atom. The lowest BCUT2D eigenvalue weighted by Gasteiger charge is -2.29. The fraction of sp³-hybridized carbons (Fsp3) is 0.467. The molecule has 3 heteroatoms. The van der Waals surface area contributed by atoms with E-state index >= 15 is 0 Å². The average molecular weight is 248 g/mol. The molecule has 0 bridgehead atoms. The van der Waals surface area contributed by atoms with Gasteiger partial charge in [-0.1, -0.05) is 13.0 Å². The van der Waals surface area contributed by atoms with Gasteiger partial charge in [0.1, 0.15) is 5.60 Å². The molecule has 1 aliphatic heterocycles. The number of benzene rings is 1. The highest BCUT2D eigenvalue weighted by molar-refractivity contribution is 5.68. The third-order valence-electron chi connectivity index (χ3n) is 2.80. The molecule has 3 nitrogen and oxygen atoms in total. The molecule has 0 saturated heterocycles. The smallest absolute Gasteiger partial charge is 0.203 e. The Morgan fingerprint density at radius 3 is 2.72 bits per heavy atom. The lowest BCUT2D eigenvalue weighted by Crippen LogP contribution is -2.27. The first-order chi connectivity index (χ1) is 8.57. The first kappa shape index (κ1) is 12.8. The summed E-state index contributed by atoms with van der Waals surface area (Å²) in [7, 11) is 1.64. The zero-order chi connectivity index (χ0) is 13.2. The molecule has 0 aliphatic carbocycles. The molecule has 1 aromatic carbocycles. The molecule has 0 saturated carbocycles. The van der Waals surface area contributed by atoms with Gasteiger partial charge in [-0.25, -0.2) is 0 Å². The minimum Gasteiger partial charge on any atom is -0.490 e. The van der Waals surface area contributed by atoms with E-state index in [1.54, 1.807) is 7.11 Å². The number of ether oxygens (including phenoxy) is 3. The lowest BCUT2D eigenvalue weighted by atomic mass is 10.0. The summed E-state index contributed by atoms with van der Waals surface area (Å²) in [4.78, 5) is 0. The molecule has 2 rings (SSSR count). The maximum Gasteiger partial charge on any atom is 0.203 e. The standard InChI is InChI=1S/C15H20O3/c1-5-10-17-12-7-6-11-8-9-15(2,3)18-13(11)14(12)16-4/h6-9H,5,10H2,1-4H3. The van der Waals surface area contributed by atoms with E-state index < -0.39 is 0 Å². The van der Waals surface area contributed by atoms with Crippen molar-refractivity contribution in [2.24, 2.45) is 0 Å². The van der Waals surface area contributed by atoms with Crippen LogP contribution in [-0.2, 0) is 0 Å². The van der Waals surface area contributed by atoms with Crippen molar-refractivity contribution < 1.29 is 14.2 Å². The van der Waals surface area contributed by atoms with E-state index in [9.17, 15) is 0 Å². The highest BCUT2D eigenvalue weighted by atomic mass is 16.5. The van der Waals surface area contributed by atoms with Gasteiger partial charge >= 0.3 is 0 Å². The molecular weight excluding hydrogens is 228 g/mol. The van der Waals surface area contributed by atoms with Gasteiger partial charge in [0.2, 0.25) is 5.75 Å². The van der Waals surface area contributed by atoms with Gasteiger partial charge in [-0.3, -0.25) is 0 Å². The van der Waals surface area contributed by atoms with Crippen LogP contribution in [0, 0.1) is 0 Å². The van der Waals surface area contributed by atoms with Gasteiger partial charge < -0.3 is 14.2 Å². The molecule has 0 aromatic heterocycles. The summed E-state index contributed by atoms with van der Waals surface area (Å²) in [6.45, 7) is 6.79. The first-order valence-electron chi connectivity index (χ1n) is 6.29. The lowest BCUT2D eigenvalue weighted by molar-refractivity contribution is 0.150. The Kier molecular flexibility index (Phi) is 3.50. The van der Waals surface area contributed by atoms with E-state index in [0.29, 0.717) is 12.4 Å². The Bertz CT molecular complexity index is 461. The summed E-state index contributed by atoms with van der Waals surface area (Å²) >= 11 is 0. The van der Waals surface area contributed by atoms with Gasteiger partial charge in [0.15, 0.2) is 11.5 Å². The zero-order valence-corrected chi connectivity index (χ0v) is 11.4. The van der Waals surface area contributed by atoms with E-state index in [-0.39, 0.29) is 5.60 Å². The fourth-order valence-electron chi connectivity index (χ4n) is 1.90. The summed E-state index contributed by atoms with van der Waals surface area (Å²) in [5.74, 6) is 2.18. The molecule has 0 N–H and O–H groups in total. The van der Waals surface area contributed by atoms with Crippen LogP contribution in [0.3, 0.4) is 0 Å². The minimum absolute atomic E-state index is 0.316. The molecule has 0 unspecified atom stereocenters. The quantitative estimate of drug-likeness (QED) is 0.813. The summed E-state index contributed by atoms with van der Waals surface area (Å²) in [6, 6.07) is 3.92. The molecular formula is C15H20O3. The second-order valence-electron chi connectivity index (χ2n) is 4.90. The van der Waals surface area contributed by atoms with Crippen LogP contribution < -0.4 is 14.2 Å². The van der Waals surface area contributed by atoms with Crippen LogP contribution in [0.1, 0.15) is 32.8 Å². The number of hydrogen-bond acceptors (Lipinski definition) is 3. The highest BCUT2D eigenvalue weighted by Crippen LogP contribution is 2.44. The van der Waals surface area contributed by atoms with Crippen LogP contribution in [-0.4, -0.2) is 19.3 Å². The molecule has 0 amide bonds. The average Bonchev–Trinajstić information content (AvgIpc) is 2.34.